The number of pyridine rings is 1. The number of ether oxygens (including phenoxy) is 1. The summed E-state index contributed by atoms with van der Waals surface area (Å²) in [6, 6.07) is 13.0. The Morgan fingerprint density at radius 2 is 1.93 bits per heavy atom. The molecule has 0 aliphatic carbocycles. The minimum atomic E-state index is -1.01. The van der Waals surface area contributed by atoms with E-state index >= 15 is 0 Å². The van der Waals surface area contributed by atoms with Gasteiger partial charge in [-0.3, -0.25) is 0 Å². The molecule has 2 aromatic carbocycles. The van der Waals surface area contributed by atoms with E-state index in [1.165, 1.54) is 0 Å². The van der Waals surface area contributed by atoms with Crippen LogP contribution < -0.4 is 4.74 Å². The molecular weight excluding hydrogens is 354 g/mol. The number of carbonyl (C=O) groups is 1. The monoisotopic (exact) mass is 375 g/mol. The summed E-state index contributed by atoms with van der Waals surface area (Å²) < 4.78 is 11.7. The summed E-state index contributed by atoms with van der Waals surface area (Å²) in [5.41, 5.74) is 3.90. The van der Waals surface area contributed by atoms with Gasteiger partial charge in [-0.05, 0) is 50.1 Å². The van der Waals surface area contributed by atoms with Crippen LogP contribution in [0, 0.1) is 13.8 Å². The summed E-state index contributed by atoms with van der Waals surface area (Å²) >= 11 is 0. The maximum atomic E-state index is 12.0. The zero-order chi connectivity index (χ0) is 19.8. The molecule has 2 aromatic heterocycles. The van der Waals surface area contributed by atoms with E-state index in [4.69, 9.17) is 14.1 Å². The summed E-state index contributed by atoms with van der Waals surface area (Å²) in [5, 5.41) is 11.4. The van der Waals surface area contributed by atoms with Crippen LogP contribution in [-0.4, -0.2) is 22.7 Å². The SMILES string of the molecule is CCCOc1cc(C)c2nc(-c3oc4ccccc4c3C)cc(C(=O)O)c2c1. The van der Waals surface area contributed by atoms with E-state index in [2.05, 4.69) is 0 Å². The number of carboxylic acids is 1. The van der Waals surface area contributed by atoms with Gasteiger partial charge in [0.1, 0.15) is 17.0 Å². The third-order valence-corrected chi connectivity index (χ3v) is 4.86. The van der Waals surface area contributed by atoms with E-state index in [0.717, 1.165) is 28.5 Å². The van der Waals surface area contributed by atoms with Crippen LogP contribution in [0.25, 0.3) is 33.3 Å². The van der Waals surface area contributed by atoms with Crippen molar-refractivity contribution in [3.05, 3.63) is 59.2 Å². The Bertz CT molecular complexity index is 1210. The summed E-state index contributed by atoms with van der Waals surface area (Å²) in [7, 11) is 0. The van der Waals surface area contributed by atoms with E-state index in [1.54, 1.807) is 12.1 Å². The number of nitrogens with zero attached hydrogens (tertiary/aromatic N) is 1. The van der Waals surface area contributed by atoms with Crippen LogP contribution >= 0.6 is 0 Å². The number of aromatic carboxylic acids is 1. The second-order valence-electron chi connectivity index (χ2n) is 6.90. The van der Waals surface area contributed by atoms with Gasteiger partial charge in [-0.2, -0.15) is 0 Å². The predicted octanol–water partition coefficient (Wildman–Crippen LogP) is 5.75. The summed E-state index contributed by atoms with van der Waals surface area (Å²) in [5.74, 6) is 0.245. The molecule has 1 N–H and O–H groups in total. The van der Waals surface area contributed by atoms with Gasteiger partial charge in [0.2, 0.25) is 0 Å². The number of hydrogen-bond acceptors (Lipinski definition) is 4. The average Bonchev–Trinajstić information content (AvgIpc) is 3.02. The number of fused-ring (bicyclic) bond motifs is 2. The Labute approximate surface area is 162 Å². The fourth-order valence-electron chi connectivity index (χ4n) is 3.48. The highest BCUT2D eigenvalue weighted by Crippen LogP contribution is 2.35. The zero-order valence-corrected chi connectivity index (χ0v) is 16.1. The molecule has 0 atom stereocenters. The molecule has 0 saturated heterocycles. The Balaban J connectivity index is 1.96. The molecule has 0 spiro atoms. The van der Waals surface area contributed by atoms with Gasteiger partial charge < -0.3 is 14.3 Å². The van der Waals surface area contributed by atoms with Gasteiger partial charge in [-0.1, -0.05) is 25.1 Å². The molecule has 2 heterocycles. The van der Waals surface area contributed by atoms with E-state index in [0.29, 0.717) is 34.7 Å². The van der Waals surface area contributed by atoms with E-state index < -0.39 is 5.97 Å². The molecule has 0 radical (unpaired) electrons. The lowest BCUT2D eigenvalue weighted by atomic mass is 10.0. The lowest BCUT2D eigenvalue weighted by molar-refractivity contribution is 0.0699. The topological polar surface area (TPSA) is 72.6 Å². The van der Waals surface area contributed by atoms with Crippen LogP contribution in [0.1, 0.15) is 34.8 Å². The molecule has 0 saturated carbocycles. The van der Waals surface area contributed by atoms with Crippen LogP contribution in [0.5, 0.6) is 5.75 Å². The third kappa shape index (κ3) is 2.99. The highest BCUT2D eigenvalue weighted by molar-refractivity contribution is 6.05. The maximum absolute atomic E-state index is 12.0. The fraction of sp³-hybridized carbons (Fsp3) is 0.217. The summed E-state index contributed by atoms with van der Waals surface area (Å²) in [6.07, 6.45) is 0.880. The Hall–Kier alpha value is -3.34. The Morgan fingerprint density at radius 1 is 1.14 bits per heavy atom. The minimum absolute atomic E-state index is 0.185. The number of carboxylic acid groups (broad SMARTS) is 1. The molecule has 142 valence electrons. The third-order valence-electron chi connectivity index (χ3n) is 4.86. The van der Waals surface area contributed by atoms with Crippen molar-refractivity contribution < 1.29 is 19.1 Å². The summed E-state index contributed by atoms with van der Waals surface area (Å²) in [6.45, 7) is 6.48. The number of rotatable bonds is 5. The number of aryl methyl sites for hydroxylation is 2. The second kappa shape index (κ2) is 7.00. The van der Waals surface area contributed by atoms with Gasteiger partial charge >= 0.3 is 5.97 Å². The standard InChI is InChI=1S/C23H21NO4/c1-4-9-27-15-10-13(2)21-17(11-15)18(23(25)26)12-19(24-21)22-14(3)16-7-5-6-8-20(16)28-22/h5-8,10-12H,4,9H2,1-3H3,(H,25,26). The molecule has 28 heavy (non-hydrogen) atoms. The first kappa shape index (κ1) is 18.0. The minimum Gasteiger partial charge on any atom is -0.494 e. The second-order valence-corrected chi connectivity index (χ2v) is 6.90. The van der Waals surface area contributed by atoms with Crippen molar-refractivity contribution in [3.63, 3.8) is 0 Å². The van der Waals surface area contributed by atoms with Crippen molar-refractivity contribution >= 4 is 27.8 Å². The van der Waals surface area contributed by atoms with E-state index in [-0.39, 0.29) is 5.56 Å². The molecule has 0 unspecified atom stereocenters. The summed E-state index contributed by atoms with van der Waals surface area (Å²) in [4.78, 5) is 16.7. The van der Waals surface area contributed by atoms with E-state index in [1.807, 2.05) is 51.1 Å². The normalized spacial score (nSPS) is 11.2. The quantitative estimate of drug-likeness (QED) is 0.481. The molecule has 0 aliphatic rings. The van der Waals surface area contributed by atoms with Gasteiger partial charge in [0.15, 0.2) is 5.76 Å². The lowest BCUT2D eigenvalue weighted by Crippen LogP contribution is -2.03. The van der Waals surface area contributed by atoms with Crippen molar-refractivity contribution in [3.8, 4) is 17.2 Å². The fourth-order valence-corrected chi connectivity index (χ4v) is 3.48. The molecular formula is C23H21NO4. The van der Waals surface area contributed by atoms with Crippen LogP contribution in [0.3, 0.4) is 0 Å². The van der Waals surface area contributed by atoms with Gasteiger partial charge in [0.25, 0.3) is 0 Å². The van der Waals surface area contributed by atoms with Crippen molar-refractivity contribution in [1.82, 2.24) is 4.98 Å². The van der Waals surface area contributed by atoms with Gasteiger partial charge in [-0.25, -0.2) is 9.78 Å². The smallest absolute Gasteiger partial charge is 0.336 e. The highest BCUT2D eigenvalue weighted by Gasteiger charge is 2.19. The maximum Gasteiger partial charge on any atom is 0.336 e. The average molecular weight is 375 g/mol. The van der Waals surface area contributed by atoms with Crippen molar-refractivity contribution in [1.29, 1.82) is 0 Å². The van der Waals surface area contributed by atoms with Crippen LogP contribution in [-0.2, 0) is 0 Å². The molecule has 5 nitrogen and oxygen atoms in total. The first-order valence-corrected chi connectivity index (χ1v) is 9.29. The molecule has 4 aromatic rings. The van der Waals surface area contributed by atoms with Crippen molar-refractivity contribution in [2.45, 2.75) is 27.2 Å². The predicted molar refractivity (Wildman–Crippen MR) is 109 cm³/mol. The number of aromatic nitrogens is 1. The van der Waals surface area contributed by atoms with Crippen molar-refractivity contribution in [2.24, 2.45) is 0 Å². The molecule has 4 rings (SSSR count). The van der Waals surface area contributed by atoms with Crippen LogP contribution in [0.15, 0.2) is 46.9 Å². The number of hydrogen-bond donors (Lipinski definition) is 1. The molecule has 0 amide bonds. The first-order valence-electron chi connectivity index (χ1n) is 9.29. The number of para-hydroxylation sites is 1. The van der Waals surface area contributed by atoms with Crippen LogP contribution in [0.4, 0.5) is 0 Å². The van der Waals surface area contributed by atoms with Gasteiger partial charge in [0, 0.05) is 16.3 Å². The van der Waals surface area contributed by atoms with Crippen molar-refractivity contribution in [2.75, 3.05) is 6.61 Å². The zero-order valence-electron chi connectivity index (χ0n) is 16.1. The van der Waals surface area contributed by atoms with Crippen LogP contribution in [0.2, 0.25) is 0 Å². The molecule has 0 bridgehead atoms. The lowest BCUT2D eigenvalue weighted by Gasteiger charge is -2.11. The Morgan fingerprint density at radius 3 is 2.64 bits per heavy atom. The van der Waals surface area contributed by atoms with E-state index in [9.17, 15) is 9.90 Å². The largest absolute Gasteiger partial charge is 0.494 e. The Kier molecular flexibility index (Phi) is 4.51. The molecule has 5 heteroatoms. The highest BCUT2D eigenvalue weighted by atomic mass is 16.5. The number of benzene rings is 2. The molecule has 0 aliphatic heterocycles. The van der Waals surface area contributed by atoms with Gasteiger partial charge in [-0.15, -0.1) is 0 Å². The molecule has 0 fully saturated rings. The first-order chi connectivity index (χ1) is 13.5. The van der Waals surface area contributed by atoms with Gasteiger partial charge in [0.05, 0.1) is 17.7 Å². The number of furan rings is 1.